The lowest BCUT2D eigenvalue weighted by atomic mass is 10.1. The zero-order chi connectivity index (χ0) is 14.4. The third-order valence-corrected chi connectivity index (χ3v) is 3.57. The first-order valence-electron chi connectivity index (χ1n) is 6.51. The third kappa shape index (κ3) is 1.84. The quantitative estimate of drug-likeness (QED) is 0.693. The fourth-order valence-electron chi connectivity index (χ4n) is 2.53. The van der Waals surface area contributed by atoms with Gasteiger partial charge in [0.15, 0.2) is 17.7 Å². The Kier molecular flexibility index (Phi) is 3.08. The topological polar surface area (TPSA) is 119 Å². The first-order chi connectivity index (χ1) is 9.52. The molecule has 0 amide bonds. The van der Waals surface area contributed by atoms with E-state index in [0.717, 1.165) is 0 Å². The summed E-state index contributed by atoms with van der Waals surface area (Å²) >= 11 is 0. The number of nitrogen functional groups attached to an aromatic ring is 1. The van der Waals surface area contributed by atoms with Gasteiger partial charge in [-0.05, 0) is 13.3 Å². The van der Waals surface area contributed by atoms with Gasteiger partial charge in [0, 0.05) is 0 Å². The van der Waals surface area contributed by atoms with Crippen LogP contribution in [0.1, 0.15) is 25.4 Å². The summed E-state index contributed by atoms with van der Waals surface area (Å²) in [6.07, 6.45) is -0.997. The van der Waals surface area contributed by atoms with Crippen molar-refractivity contribution in [2.45, 2.75) is 44.8 Å². The number of nitrogens with zero attached hydrogens (tertiary/aromatic N) is 4. The monoisotopic (exact) mass is 279 g/mol. The Morgan fingerprint density at radius 3 is 2.75 bits per heavy atom. The highest BCUT2D eigenvalue weighted by molar-refractivity contribution is 5.81. The van der Waals surface area contributed by atoms with Gasteiger partial charge in [-0.2, -0.15) is 0 Å². The summed E-state index contributed by atoms with van der Waals surface area (Å²) < 4.78 is 7.28. The Balaban J connectivity index is 2.07. The molecule has 1 unspecified atom stereocenters. The lowest BCUT2D eigenvalue weighted by molar-refractivity contribution is -0.0355. The molecule has 108 valence electrons. The minimum Gasteiger partial charge on any atom is -0.388 e. The van der Waals surface area contributed by atoms with Crippen LogP contribution in [0.25, 0.3) is 11.2 Å². The minimum atomic E-state index is -1.03. The van der Waals surface area contributed by atoms with Crippen LogP contribution in [0.5, 0.6) is 0 Å². The molecule has 1 aliphatic rings. The number of fused-ring (bicyclic) bond motifs is 1. The van der Waals surface area contributed by atoms with Crippen molar-refractivity contribution in [2.75, 3.05) is 5.73 Å². The number of anilines is 1. The van der Waals surface area contributed by atoms with E-state index in [0.29, 0.717) is 23.4 Å². The number of aromatic nitrogens is 4. The Bertz CT molecular complexity index is 643. The number of rotatable bonds is 2. The number of hydrogen-bond acceptors (Lipinski definition) is 7. The van der Waals surface area contributed by atoms with Gasteiger partial charge in [-0.1, -0.05) is 6.92 Å². The molecule has 3 rings (SSSR count). The van der Waals surface area contributed by atoms with Gasteiger partial charge in [0.2, 0.25) is 0 Å². The van der Waals surface area contributed by atoms with Gasteiger partial charge < -0.3 is 20.7 Å². The van der Waals surface area contributed by atoms with Gasteiger partial charge in [-0.25, -0.2) is 15.0 Å². The van der Waals surface area contributed by atoms with Gasteiger partial charge >= 0.3 is 0 Å². The van der Waals surface area contributed by atoms with Gasteiger partial charge in [0.1, 0.15) is 23.5 Å². The molecule has 0 spiro atoms. The number of imidazole rings is 1. The van der Waals surface area contributed by atoms with E-state index in [-0.39, 0.29) is 5.82 Å². The molecule has 8 nitrogen and oxygen atoms in total. The predicted octanol–water partition coefficient (Wildman–Crippen LogP) is -0.254. The second kappa shape index (κ2) is 4.65. The number of ether oxygens (including phenoxy) is 1. The van der Waals surface area contributed by atoms with Gasteiger partial charge in [-0.3, -0.25) is 4.57 Å². The predicted molar refractivity (Wildman–Crippen MR) is 70.7 cm³/mol. The van der Waals surface area contributed by atoms with Crippen LogP contribution < -0.4 is 5.73 Å². The number of aliphatic hydroxyl groups excluding tert-OH is 2. The van der Waals surface area contributed by atoms with E-state index in [1.54, 1.807) is 11.5 Å². The molecule has 3 heterocycles. The van der Waals surface area contributed by atoms with Crippen LogP contribution in [0.4, 0.5) is 5.82 Å². The Labute approximate surface area is 115 Å². The Morgan fingerprint density at radius 2 is 2.10 bits per heavy atom. The average molecular weight is 279 g/mol. The van der Waals surface area contributed by atoms with Crippen molar-refractivity contribution in [1.29, 1.82) is 0 Å². The SMILES string of the molecule is CC[C@H]1OC(n2cnc3c(N)nc(C)nc32)[C@H](O)[C@@H]1O. The molecule has 4 N–H and O–H groups in total. The van der Waals surface area contributed by atoms with Crippen LogP contribution >= 0.6 is 0 Å². The highest BCUT2D eigenvalue weighted by Gasteiger charge is 2.43. The largest absolute Gasteiger partial charge is 0.388 e. The van der Waals surface area contributed by atoms with E-state index < -0.39 is 24.5 Å². The summed E-state index contributed by atoms with van der Waals surface area (Å²) in [6.45, 7) is 3.61. The zero-order valence-electron chi connectivity index (χ0n) is 11.3. The van der Waals surface area contributed by atoms with E-state index >= 15 is 0 Å². The lowest BCUT2D eigenvalue weighted by Gasteiger charge is -2.16. The third-order valence-electron chi connectivity index (χ3n) is 3.57. The van der Waals surface area contributed by atoms with Crippen LogP contribution in [0.15, 0.2) is 6.33 Å². The van der Waals surface area contributed by atoms with Crippen molar-refractivity contribution in [2.24, 2.45) is 0 Å². The van der Waals surface area contributed by atoms with Crippen molar-refractivity contribution < 1.29 is 14.9 Å². The summed E-state index contributed by atoms with van der Waals surface area (Å²) in [5.74, 6) is 0.795. The zero-order valence-corrected chi connectivity index (χ0v) is 11.3. The highest BCUT2D eigenvalue weighted by Crippen LogP contribution is 2.33. The number of nitrogens with two attached hydrogens (primary N) is 1. The number of aliphatic hydroxyl groups is 2. The first kappa shape index (κ1) is 13.2. The van der Waals surface area contributed by atoms with E-state index in [1.165, 1.54) is 6.33 Å². The molecule has 0 saturated carbocycles. The van der Waals surface area contributed by atoms with Crippen molar-refractivity contribution in [1.82, 2.24) is 19.5 Å². The maximum absolute atomic E-state index is 10.1. The standard InChI is InChI=1S/C12H17N5O3/c1-3-6-8(18)9(19)12(20-6)17-4-14-7-10(13)15-5(2)16-11(7)17/h4,6,8-9,12,18-19H,3H2,1-2H3,(H2,13,15,16)/t6-,8-,9-,12?/m1/s1. The maximum atomic E-state index is 10.1. The van der Waals surface area contributed by atoms with E-state index in [9.17, 15) is 10.2 Å². The van der Waals surface area contributed by atoms with Crippen molar-refractivity contribution in [3.63, 3.8) is 0 Å². The first-order valence-corrected chi connectivity index (χ1v) is 6.51. The van der Waals surface area contributed by atoms with Crippen LogP contribution in [-0.4, -0.2) is 48.0 Å². The van der Waals surface area contributed by atoms with Gasteiger partial charge in [-0.15, -0.1) is 0 Å². The summed E-state index contributed by atoms with van der Waals surface area (Å²) in [6, 6.07) is 0. The van der Waals surface area contributed by atoms with Crippen LogP contribution in [-0.2, 0) is 4.74 Å². The number of aryl methyl sites for hydroxylation is 1. The fourth-order valence-corrected chi connectivity index (χ4v) is 2.53. The normalized spacial score (nSPS) is 30.2. The smallest absolute Gasteiger partial charge is 0.167 e. The molecule has 2 aromatic heterocycles. The van der Waals surface area contributed by atoms with Crippen LogP contribution in [0.2, 0.25) is 0 Å². The molecule has 2 aromatic rings. The van der Waals surface area contributed by atoms with Gasteiger partial charge in [0.25, 0.3) is 0 Å². The highest BCUT2D eigenvalue weighted by atomic mass is 16.6. The molecular weight excluding hydrogens is 262 g/mol. The molecule has 20 heavy (non-hydrogen) atoms. The van der Waals surface area contributed by atoms with Crippen molar-refractivity contribution in [3.8, 4) is 0 Å². The molecule has 0 bridgehead atoms. The Morgan fingerprint density at radius 1 is 1.35 bits per heavy atom. The molecule has 8 heteroatoms. The molecular formula is C12H17N5O3. The van der Waals surface area contributed by atoms with E-state index in [1.807, 2.05) is 6.92 Å². The molecule has 1 aliphatic heterocycles. The second-order valence-corrected chi connectivity index (χ2v) is 4.93. The summed E-state index contributed by atoms with van der Waals surface area (Å²) in [5.41, 5.74) is 6.75. The van der Waals surface area contributed by atoms with Crippen LogP contribution in [0.3, 0.4) is 0 Å². The minimum absolute atomic E-state index is 0.284. The van der Waals surface area contributed by atoms with Gasteiger partial charge in [0.05, 0.1) is 12.4 Å². The number of hydrogen-bond donors (Lipinski definition) is 3. The average Bonchev–Trinajstić information content (AvgIpc) is 2.93. The molecule has 0 aliphatic carbocycles. The second-order valence-electron chi connectivity index (χ2n) is 4.93. The lowest BCUT2D eigenvalue weighted by Crippen LogP contribution is -2.31. The van der Waals surface area contributed by atoms with E-state index in [2.05, 4.69) is 15.0 Å². The van der Waals surface area contributed by atoms with Crippen LogP contribution in [0, 0.1) is 6.92 Å². The molecule has 4 atom stereocenters. The molecule has 1 saturated heterocycles. The Hall–Kier alpha value is -1.77. The molecule has 1 fully saturated rings. The summed E-state index contributed by atoms with van der Waals surface area (Å²) in [4.78, 5) is 12.5. The van der Waals surface area contributed by atoms with Crippen molar-refractivity contribution >= 4 is 17.0 Å². The molecule has 0 aromatic carbocycles. The van der Waals surface area contributed by atoms with Crippen molar-refractivity contribution in [3.05, 3.63) is 12.2 Å². The maximum Gasteiger partial charge on any atom is 0.167 e. The summed E-state index contributed by atoms with van der Waals surface area (Å²) in [7, 11) is 0. The molecule has 0 radical (unpaired) electrons. The fraction of sp³-hybridized carbons (Fsp3) is 0.583. The summed E-state index contributed by atoms with van der Waals surface area (Å²) in [5, 5.41) is 20.1. The van der Waals surface area contributed by atoms with E-state index in [4.69, 9.17) is 10.5 Å².